The molecule has 6 nitrogen and oxygen atoms in total. The number of hydrogen-bond donors (Lipinski definition) is 2. The van der Waals surface area contributed by atoms with Crippen LogP contribution in [0.2, 0.25) is 0 Å². The minimum Gasteiger partial charge on any atom is -0.381 e. The van der Waals surface area contributed by atoms with E-state index in [2.05, 4.69) is 37.5 Å². The summed E-state index contributed by atoms with van der Waals surface area (Å²) < 4.78 is 7.46. The molecular weight excluding hydrogens is 352 g/mol. The number of hydrogen-bond acceptors (Lipinski definition) is 4. The van der Waals surface area contributed by atoms with Crippen molar-refractivity contribution >= 4 is 17.4 Å². The molecule has 6 heteroatoms. The fraction of sp³-hybridized carbons (Fsp3) is 0.636. The molecule has 28 heavy (non-hydrogen) atoms. The normalized spacial score (nSPS) is 23.0. The summed E-state index contributed by atoms with van der Waals surface area (Å²) in [5.74, 6) is 1.39. The first-order valence-electron chi connectivity index (χ1n) is 10.5. The summed E-state index contributed by atoms with van der Waals surface area (Å²) in [5, 5.41) is 6.80. The lowest BCUT2D eigenvalue weighted by Gasteiger charge is -2.28. The van der Waals surface area contributed by atoms with Crippen LogP contribution in [0, 0.1) is 12.8 Å². The van der Waals surface area contributed by atoms with Gasteiger partial charge >= 0.3 is 0 Å². The van der Waals surface area contributed by atoms with Gasteiger partial charge in [0.2, 0.25) is 0 Å². The SMILES string of the molecule is CO[C@H]1CC[C@@H](Nc2cc(C)n3ccc(C(=O)NC(C)(C)C4CC4)c3n2)CC1. The molecule has 0 saturated heterocycles. The van der Waals surface area contributed by atoms with Crippen molar-refractivity contribution in [3.8, 4) is 0 Å². The van der Waals surface area contributed by atoms with Crippen molar-refractivity contribution in [3.05, 3.63) is 29.6 Å². The molecule has 0 aliphatic heterocycles. The van der Waals surface area contributed by atoms with Gasteiger partial charge in [-0.3, -0.25) is 4.79 Å². The van der Waals surface area contributed by atoms with E-state index in [1.54, 1.807) is 7.11 Å². The van der Waals surface area contributed by atoms with Crippen molar-refractivity contribution in [1.29, 1.82) is 0 Å². The minimum absolute atomic E-state index is 0.0379. The van der Waals surface area contributed by atoms with E-state index >= 15 is 0 Å². The van der Waals surface area contributed by atoms with E-state index < -0.39 is 0 Å². The number of fused-ring (bicyclic) bond motifs is 1. The number of methoxy groups -OCH3 is 1. The van der Waals surface area contributed by atoms with E-state index in [0.717, 1.165) is 42.8 Å². The predicted molar refractivity (Wildman–Crippen MR) is 111 cm³/mol. The van der Waals surface area contributed by atoms with Crippen LogP contribution >= 0.6 is 0 Å². The number of ether oxygens (including phenoxy) is 1. The zero-order chi connectivity index (χ0) is 19.9. The Bertz CT molecular complexity index is 861. The van der Waals surface area contributed by atoms with Crippen LogP contribution in [-0.4, -0.2) is 40.1 Å². The van der Waals surface area contributed by atoms with Crippen molar-refractivity contribution in [3.63, 3.8) is 0 Å². The third-order valence-corrected chi connectivity index (χ3v) is 6.45. The number of rotatable bonds is 6. The Balaban J connectivity index is 1.53. The summed E-state index contributed by atoms with van der Waals surface area (Å²) in [6.07, 6.45) is 9.01. The summed E-state index contributed by atoms with van der Waals surface area (Å²) in [4.78, 5) is 17.8. The molecule has 2 saturated carbocycles. The van der Waals surface area contributed by atoms with Crippen molar-refractivity contribution in [2.24, 2.45) is 5.92 Å². The summed E-state index contributed by atoms with van der Waals surface area (Å²) >= 11 is 0. The number of nitrogens with one attached hydrogen (secondary N) is 2. The largest absolute Gasteiger partial charge is 0.381 e. The monoisotopic (exact) mass is 384 g/mol. The fourth-order valence-electron chi connectivity index (χ4n) is 4.41. The first-order valence-corrected chi connectivity index (χ1v) is 10.5. The van der Waals surface area contributed by atoms with Crippen LogP contribution in [0.25, 0.3) is 5.65 Å². The van der Waals surface area contributed by atoms with E-state index in [0.29, 0.717) is 23.6 Å². The van der Waals surface area contributed by atoms with Gasteiger partial charge in [-0.1, -0.05) is 0 Å². The standard InChI is InChI=1S/C22H32N4O2/c1-14-13-19(23-16-7-9-17(28-4)10-8-16)24-20-18(11-12-26(14)20)21(27)25-22(2,3)15-5-6-15/h11-13,15-17H,5-10H2,1-4H3,(H,23,24)(H,25,27)/t16-,17+. The summed E-state index contributed by atoms with van der Waals surface area (Å²) in [5.41, 5.74) is 2.26. The van der Waals surface area contributed by atoms with Crippen LogP contribution in [0.5, 0.6) is 0 Å². The lowest BCUT2D eigenvalue weighted by molar-refractivity contribution is 0.0681. The molecule has 0 aromatic carbocycles. The van der Waals surface area contributed by atoms with Gasteiger partial charge in [0, 0.05) is 36.6 Å². The highest BCUT2D eigenvalue weighted by atomic mass is 16.5. The highest BCUT2D eigenvalue weighted by Gasteiger charge is 2.39. The van der Waals surface area contributed by atoms with Gasteiger partial charge < -0.3 is 19.8 Å². The Morgan fingerprint density at radius 2 is 1.93 bits per heavy atom. The Hall–Kier alpha value is -2.08. The number of amides is 1. The molecule has 152 valence electrons. The zero-order valence-electron chi connectivity index (χ0n) is 17.4. The number of nitrogens with zero attached hydrogens (tertiary/aromatic N) is 2. The number of carbonyl (C=O) groups is 1. The number of anilines is 1. The van der Waals surface area contributed by atoms with E-state index in [1.807, 2.05) is 16.7 Å². The summed E-state index contributed by atoms with van der Waals surface area (Å²) in [6.45, 7) is 6.28. The molecule has 2 fully saturated rings. The topological polar surface area (TPSA) is 67.7 Å². The van der Waals surface area contributed by atoms with Gasteiger partial charge in [0.25, 0.3) is 5.91 Å². The molecule has 0 radical (unpaired) electrons. The fourth-order valence-corrected chi connectivity index (χ4v) is 4.41. The Morgan fingerprint density at radius 3 is 2.57 bits per heavy atom. The molecule has 0 unspecified atom stereocenters. The molecule has 1 amide bonds. The average molecular weight is 385 g/mol. The van der Waals surface area contributed by atoms with E-state index in [-0.39, 0.29) is 11.4 Å². The molecule has 2 aliphatic carbocycles. The molecule has 2 aliphatic rings. The second-order valence-electron chi connectivity index (χ2n) is 9.01. The highest BCUT2D eigenvalue weighted by molar-refractivity contribution is 6.00. The lowest BCUT2D eigenvalue weighted by atomic mass is 9.93. The second-order valence-corrected chi connectivity index (χ2v) is 9.01. The van der Waals surface area contributed by atoms with Crippen molar-refractivity contribution in [2.45, 2.75) is 77.0 Å². The smallest absolute Gasteiger partial charge is 0.255 e. The molecule has 4 rings (SSSR count). The van der Waals surface area contributed by atoms with Crippen LogP contribution in [0.3, 0.4) is 0 Å². The third-order valence-electron chi connectivity index (χ3n) is 6.45. The van der Waals surface area contributed by atoms with Crippen molar-refractivity contribution < 1.29 is 9.53 Å². The number of aromatic nitrogens is 2. The van der Waals surface area contributed by atoms with Gasteiger partial charge in [0.15, 0.2) is 5.65 Å². The Labute approximate surface area is 167 Å². The maximum Gasteiger partial charge on any atom is 0.255 e. The Kier molecular flexibility index (Phi) is 5.08. The average Bonchev–Trinajstić information content (AvgIpc) is 3.43. The van der Waals surface area contributed by atoms with E-state index in [1.165, 1.54) is 12.8 Å². The van der Waals surface area contributed by atoms with E-state index in [4.69, 9.17) is 9.72 Å². The van der Waals surface area contributed by atoms with Gasteiger partial charge in [-0.15, -0.1) is 0 Å². The van der Waals surface area contributed by atoms with Gasteiger partial charge in [-0.05, 0) is 71.3 Å². The third kappa shape index (κ3) is 3.88. The lowest BCUT2D eigenvalue weighted by Crippen LogP contribution is -2.45. The molecule has 0 atom stereocenters. The second kappa shape index (κ2) is 7.39. The van der Waals surface area contributed by atoms with Crippen LogP contribution in [0.1, 0.15) is 68.4 Å². The van der Waals surface area contributed by atoms with Gasteiger partial charge in [-0.2, -0.15) is 0 Å². The van der Waals surface area contributed by atoms with Crippen LogP contribution < -0.4 is 10.6 Å². The molecule has 2 N–H and O–H groups in total. The zero-order valence-corrected chi connectivity index (χ0v) is 17.4. The van der Waals surface area contributed by atoms with Crippen LogP contribution in [0.4, 0.5) is 5.82 Å². The summed E-state index contributed by atoms with van der Waals surface area (Å²) in [7, 11) is 1.79. The van der Waals surface area contributed by atoms with E-state index in [9.17, 15) is 4.79 Å². The Morgan fingerprint density at radius 1 is 1.21 bits per heavy atom. The molecule has 2 aromatic rings. The maximum absolute atomic E-state index is 13.0. The number of carbonyl (C=O) groups excluding carboxylic acids is 1. The van der Waals surface area contributed by atoms with Gasteiger partial charge in [0.1, 0.15) is 5.82 Å². The van der Waals surface area contributed by atoms with Crippen molar-refractivity contribution in [2.75, 3.05) is 12.4 Å². The molecule has 2 heterocycles. The first-order chi connectivity index (χ1) is 13.4. The molecule has 2 aromatic heterocycles. The van der Waals surface area contributed by atoms with Gasteiger partial charge in [0.05, 0.1) is 11.7 Å². The minimum atomic E-state index is -0.170. The van der Waals surface area contributed by atoms with Crippen LogP contribution in [0.15, 0.2) is 18.3 Å². The van der Waals surface area contributed by atoms with Crippen molar-refractivity contribution in [1.82, 2.24) is 14.7 Å². The van der Waals surface area contributed by atoms with Crippen LogP contribution in [-0.2, 0) is 4.74 Å². The number of aryl methyl sites for hydroxylation is 1. The summed E-state index contributed by atoms with van der Waals surface area (Å²) in [6, 6.07) is 4.34. The maximum atomic E-state index is 13.0. The molecule has 0 bridgehead atoms. The van der Waals surface area contributed by atoms with Gasteiger partial charge in [-0.25, -0.2) is 4.98 Å². The predicted octanol–water partition coefficient (Wildman–Crippen LogP) is 3.93. The first kappa shape index (κ1) is 19.2. The molecular formula is C22H32N4O2. The highest BCUT2D eigenvalue weighted by Crippen LogP contribution is 2.39. The molecule has 0 spiro atoms. The quantitative estimate of drug-likeness (QED) is 0.792.